The topological polar surface area (TPSA) is 61.0 Å². The van der Waals surface area contributed by atoms with Gasteiger partial charge in [-0.15, -0.1) is 0 Å². The van der Waals surface area contributed by atoms with Crippen LogP contribution in [0.1, 0.15) is 19.4 Å². The molecule has 0 aliphatic rings. The SMILES string of the molecule is Cn1cc(C(C)(C)[C@@H](C#N)NCCO)c2ccccc21. The molecule has 1 aromatic heterocycles. The number of para-hydroxylation sites is 1. The lowest BCUT2D eigenvalue weighted by atomic mass is 9.78. The molecule has 2 N–H and O–H groups in total. The second-order valence-electron chi connectivity index (χ2n) is 5.63. The number of aliphatic hydroxyl groups excluding tert-OH is 1. The Morgan fingerprint density at radius 3 is 2.75 bits per heavy atom. The van der Waals surface area contributed by atoms with E-state index in [0.29, 0.717) is 6.54 Å². The number of rotatable bonds is 5. The van der Waals surface area contributed by atoms with Gasteiger partial charge in [-0.05, 0) is 11.6 Å². The summed E-state index contributed by atoms with van der Waals surface area (Å²) >= 11 is 0. The van der Waals surface area contributed by atoms with Gasteiger partial charge in [0.05, 0.1) is 12.7 Å². The highest BCUT2D eigenvalue weighted by atomic mass is 16.3. The summed E-state index contributed by atoms with van der Waals surface area (Å²) in [5.74, 6) is 0. The maximum Gasteiger partial charge on any atom is 0.105 e. The van der Waals surface area contributed by atoms with Gasteiger partial charge >= 0.3 is 0 Å². The van der Waals surface area contributed by atoms with Gasteiger partial charge in [0, 0.05) is 36.1 Å². The Morgan fingerprint density at radius 2 is 2.10 bits per heavy atom. The molecule has 0 aliphatic heterocycles. The molecule has 0 aliphatic carbocycles. The maximum absolute atomic E-state index is 9.43. The highest BCUT2D eigenvalue weighted by Gasteiger charge is 2.33. The highest BCUT2D eigenvalue weighted by molar-refractivity contribution is 5.85. The van der Waals surface area contributed by atoms with Crippen molar-refractivity contribution in [3.8, 4) is 6.07 Å². The maximum atomic E-state index is 9.43. The number of hydrogen-bond acceptors (Lipinski definition) is 3. The van der Waals surface area contributed by atoms with E-state index in [1.165, 1.54) is 5.39 Å². The molecular formula is C16H21N3O. The molecule has 0 spiro atoms. The second-order valence-corrected chi connectivity index (χ2v) is 5.63. The van der Waals surface area contributed by atoms with E-state index in [1.807, 2.05) is 19.2 Å². The molecule has 0 amide bonds. The lowest BCUT2D eigenvalue weighted by molar-refractivity contribution is 0.277. The van der Waals surface area contributed by atoms with E-state index >= 15 is 0 Å². The number of nitrogens with zero attached hydrogens (tertiary/aromatic N) is 2. The zero-order chi connectivity index (χ0) is 14.8. The number of benzene rings is 1. The van der Waals surface area contributed by atoms with Crippen molar-refractivity contribution in [3.05, 3.63) is 36.0 Å². The molecule has 4 heteroatoms. The number of fused-ring (bicyclic) bond motifs is 1. The first-order valence-electron chi connectivity index (χ1n) is 6.80. The van der Waals surface area contributed by atoms with Gasteiger partial charge in [-0.25, -0.2) is 0 Å². The van der Waals surface area contributed by atoms with Crippen LogP contribution in [-0.4, -0.2) is 28.9 Å². The van der Waals surface area contributed by atoms with Crippen molar-refractivity contribution in [2.45, 2.75) is 25.3 Å². The Bertz CT molecular complexity index is 637. The van der Waals surface area contributed by atoms with Crippen LogP contribution in [0.3, 0.4) is 0 Å². The first kappa shape index (κ1) is 14.6. The molecule has 0 radical (unpaired) electrons. The van der Waals surface area contributed by atoms with E-state index < -0.39 is 0 Å². The molecule has 0 saturated heterocycles. The van der Waals surface area contributed by atoms with E-state index in [1.54, 1.807) is 0 Å². The molecule has 1 heterocycles. The zero-order valence-corrected chi connectivity index (χ0v) is 12.2. The quantitative estimate of drug-likeness (QED) is 0.873. The second kappa shape index (κ2) is 5.66. The summed E-state index contributed by atoms with van der Waals surface area (Å²) in [5, 5.41) is 22.7. The normalized spacial score (nSPS) is 13.3. The van der Waals surface area contributed by atoms with Crippen LogP contribution in [0, 0.1) is 11.3 Å². The van der Waals surface area contributed by atoms with E-state index in [2.05, 4.69) is 48.1 Å². The molecule has 106 valence electrons. The van der Waals surface area contributed by atoms with Crippen LogP contribution in [0.5, 0.6) is 0 Å². The van der Waals surface area contributed by atoms with Gasteiger partial charge in [0.15, 0.2) is 0 Å². The molecule has 0 bridgehead atoms. The van der Waals surface area contributed by atoms with Crippen LogP contribution in [0.15, 0.2) is 30.5 Å². The summed E-state index contributed by atoms with van der Waals surface area (Å²) in [6.45, 7) is 4.58. The van der Waals surface area contributed by atoms with E-state index in [0.717, 1.165) is 11.1 Å². The van der Waals surface area contributed by atoms with Crippen LogP contribution in [0.4, 0.5) is 0 Å². The standard InChI is InChI=1S/C16H21N3O/c1-16(2,15(10-17)18-8-9-20)13-11-19(3)14-7-5-4-6-12(13)14/h4-7,11,15,18,20H,8-9H2,1-3H3/t15-/m1/s1. The number of nitriles is 1. The number of aryl methyl sites for hydroxylation is 1. The van der Waals surface area contributed by atoms with E-state index in [-0.39, 0.29) is 18.1 Å². The molecule has 4 nitrogen and oxygen atoms in total. The van der Waals surface area contributed by atoms with Crippen molar-refractivity contribution in [3.63, 3.8) is 0 Å². The fraction of sp³-hybridized carbons (Fsp3) is 0.438. The van der Waals surface area contributed by atoms with Gasteiger partial charge in [0.25, 0.3) is 0 Å². The molecule has 0 unspecified atom stereocenters. The van der Waals surface area contributed by atoms with Crippen molar-refractivity contribution in [2.75, 3.05) is 13.2 Å². The lowest BCUT2D eigenvalue weighted by Crippen LogP contribution is -2.44. The fourth-order valence-electron chi connectivity index (χ4n) is 2.68. The predicted molar refractivity (Wildman–Crippen MR) is 80.4 cm³/mol. The third-order valence-corrected chi connectivity index (χ3v) is 3.90. The summed E-state index contributed by atoms with van der Waals surface area (Å²) in [7, 11) is 2.02. The third-order valence-electron chi connectivity index (χ3n) is 3.90. The van der Waals surface area contributed by atoms with Gasteiger partial charge < -0.3 is 9.67 Å². The van der Waals surface area contributed by atoms with Gasteiger partial charge in [-0.1, -0.05) is 32.0 Å². The minimum absolute atomic E-state index is 0.0315. The fourth-order valence-corrected chi connectivity index (χ4v) is 2.68. The van der Waals surface area contributed by atoms with Gasteiger partial charge in [-0.3, -0.25) is 5.32 Å². The summed E-state index contributed by atoms with van der Waals surface area (Å²) in [6, 6.07) is 10.2. The zero-order valence-electron chi connectivity index (χ0n) is 12.2. The van der Waals surface area contributed by atoms with E-state index in [4.69, 9.17) is 5.11 Å². The first-order chi connectivity index (χ1) is 9.52. The molecule has 0 saturated carbocycles. The summed E-state index contributed by atoms with van der Waals surface area (Å²) in [6.07, 6.45) is 2.09. The molecule has 1 aromatic carbocycles. The van der Waals surface area contributed by atoms with Crippen molar-refractivity contribution >= 4 is 10.9 Å². The first-order valence-corrected chi connectivity index (χ1v) is 6.80. The van der Waals surface area contributed by atoms with Gasteiger partial charge in [-0.2, -0.15) is 5.26 Å². The minimum atomic E-state index is -0.347. The predicted octanol–water partition coefficient (Wildman–Crippen LogP) is 1.93. The molecule has 2 aromatic rings. The molecule has 0 fully saturated rings. The molecular weight excluding hydrogens is 250 g/mol. The Balaban J connectivity index is 2.48. The number of aromatic nitrogens is 1. The van der Waals surface area contributed by atoms with Crippen molar-refractivity contribution < 1.29 is 5.11 Å². The molecule has 1 atom stereocenters. The highest BCUT2D eigenvalue weighted by Crippen LogP contribution is 2.34. The summed E-state index contributed by atoms with van der Waals surface area (Å²) < 4.78 is 2.09. The Hall–Kier alpha value is -1.83. The largest absolute Gasteiger partial charge is 0.395 e. The minimum Gasteiger partial charge on any atom is -0.395 e. The van der Waals surface area contributed by atoms with Crippen molar-refractivity contribution in [1.82, 2.24) is 9.88 Å². The Morgan fingerprint density at radius 1 is 1.40 bits per heavy atom. The van der Waals surface area contributed by atoms with Crippen LogP contribution >= 0.6 is 0 Å². The van der Waals surface area contributed by atoms with Gasteiger partial charge in [0.1, 0.15) is 6.04 Å². The van der Waals surface area contributed by atoms with Crippen molar-refractivity contribution in [2.24, 2.45) is 7.05 Å². The Labute approximate surface area is 119 Å². The number of aliphatic hydroxyl groups is 1. The lowest BCUT2D eigenvalue weighted by Gasteiger charge is -2.30. The van der Waals surface area contributed by atoms with Crippen LogP contribution in [0.25, 0.3) is 10.9 Å². The average molecular weight is 271 g/mol. The third kappa shape index (κ3) is 2.43. The van der Waals surface area contributed by atoms with Crippen molar-refractivity contribution in [1.29, 1.82) is 5.26 Å². The van der Waals surface area contributed by atoms with Crippen LogP contribution < -0.4 is 5.32 Å². The van der Waals surface area contributed by atoms with Gasteiger partial charge in [0.2, 0.25) is 0 Å². The summed E-state index contributed by atoms with van der Waals surface area (Å²) in [4.78, 5) is 0. The number of hydrogen-bond donors (Lipinski definition) is 2. The Kier molecular flexibility index (Phi) is 4.12. The molecule has 2 rings (SSSR count). The van der Waals surface area contributed by atoms with E-state index in [9.17, 15) is 5.26 Å². The number of nitrogens with one attached hydrogen (secondary N) is 1. The average Bonchev–Trinajstić information content (AvgIpc) is 2.78. The summed E-state index contributed by atoms with van der Waals surface area (Å²) in [5.41, 5.74) is 1.96. The smallest absolute Gasteiger partial charge is 0.105 e. The van der Waals surface area contributed by atoms with Crippen LogP contribution in [0.2, 0.25) is 0 Å². The molecule has 20 heavy (non-hydrogen) atoms. The van der Waals surface area contributed by atoms with Crippen LogP contribution in [-0.2, 0) is 12.5 Å². The monoisotopic (exact) mass is 271 g/mol.